The predicted molar refractivity (Wildman–Crippen MR) is 53.6 cm³/mol. The van der Waals surface area contributed by atoms with Crippen LogP contribution in [-0.2, 0) is 4.79 Å². The summed E-state index contributed by atoms with van der Waals surface area (Å²) in [5.74, 6) is 0.160. The molecule has 0 saturated heterocycles. The van der Waals surface area contributed by atoms with Crippen LogP contribution in [0.3, 0.4) is 0 Å². The molecule has 0 heterocycles. The molecule has 1 N–H and O–H groups in total. The summed E-state index contributed by atoms with van der Waals surface area (Å²) in [7, 11) is 3.59. The van der Waals surface area contributed by atoms with Gasteiger partial charge >= 0.3 is 0 Å². The fraction of sp³-hybridized carbons (Fsp3) is 0.900. The zero-order valence-corrected chi connectivity index (χ0v) is 8.89. The predicted octanol–water partition coefficient (Wildman–Crippen LogP) is 0.997. The van der Waals surface area contributed by atoms with Crippen LogP contribution in [0.2, 0.25) is 0 Å². The fourth-order valence-electron chi connectivity index (χ4n) is 1.78. The third-order valence-corrected chi connectivity index (χ3v) is 2.87. The summed E-state index contributed by atoms with van der Waals surface area (Å²) >= 11 is 0. The maximum Gasteiger partial charge on any atom is 0.236 e. The fourth-order valence-corrected chi connectivity index (χ4v) is 1.78. The molecule has 0 aliphatic heterocycles. The molecular weight excluding hydrogens is 164 g/mol. The molecule has 1 saturated carbocycles. The van der Waals surface area contributed by atoms with Crippen LogP contribution in [-0.4, -0.2) is 37.0 Å². The van der Waals surface area contributed by atoms with Gasteiger partial charge < -0.3 is 10.2 Å². The monoisotopic (exact) mass is 184 g/mol. The van der Waals surface area contributed by atoms with E-state index < -0.39 is 0 Å². The lowest BCUT2D eigenvalue weighted by atomic mass is 10.0. The van der Waals surface area contributed by atoms with E-state index in [1.165, 1.54) is 25.7 Å². The van der Waals surface area contributed by atoms with Crippen LogP contribution >= 0.6 is 0 Å². The Bertz CT molecular complexity index is 183. The molecule has 3 nitrogen and oxygen atoms in total. The maximum atomic E-state index is 11.3. The lowest BCUT2D eigenvalue weighted by Crippen LogP contribution is -2.45. The van der Waals surface area contributed by atoms with Crippen LogP contribution in [0.4, 0.5) is 0 Å². The van der Waals surface area contributed by atoms with Gasteiger partial charge in [-0.05, 0) is 19.8 Å². The molecule has 0 atom stereocenters. The van der Waals surface area contributed by atoms with Crippen LogP contribution in [0.25, 0.3) is 0 Å². The van der Waals surface area contributed by atoms with Crippen molar-refractivity contribution >= 4 is 5.91 Å². The second-order valence-electron chi connectivity index (χ2n) is 4.41. The second-order valence-corrected chi connectivity index (χ2v) is 4.41. The summed E-state index contributed by atoms with van der Waals surface area (Å²) in [6, 6.07) is 0. The van der Waals surface area contributed by atoms with Gasteiger partial charge in [0.1, 0.15) is 0 Å². The van der Waals surface area contributed by atoms with E-state index >= 15 is 0 Å². The average Bonchev–Trinajstić information content (AvgIpc) is 2.48. The van der Waals surface area contributed by atoms with Crippen molar-refractivity contribution in [3.63, 3.8) is 0 Å². The molecular formula is C10H20N2O. The van der Waals surface area contributed by atoms with Crippen LogP contribution in [0.15, 0.2) is 0 Å². The zero-order valence-electron chi connectivity index (χ0n) is 8.89. The average molecular weight is 184 g/mol. The molecule has 0 aromatic rings. The summed E-state index contributed by atoms with van der Waals surface area (Å²) in [5, 5.41) is 3.35. The van der Waals surface area contributed by atoms with Gasteiger partial charge in [-0.25, -0.2) is 0 Å². The first-order chi connectivity index (χ1) is 6.03. The molecule has 0 radical (unpaired) electrons. The van der Waals surface area contributed by atoms with Crippen molar-refractivity contribution in [2.75, 3.05) is 20.6 Å². The molecule has 3 heteroatoms. The number of amides is 1. The third-order valence-electron chi connectivity index (χ3n) is 2.87. The van der Waals surface area contributed by atoms with Crippen LogP contribution in [0.5, 0.6) is 0 Å². The summed E-state index contributed by atoms with van der Waals surface area (Å²) in [4.78, 5) is 12.9. The van der Waals surface area contributed by atoms with Crippen molar-refractivity contribution in [1.29, 1.82) is 0 Å². The van der Waals surface area contributed by atoms with Crippen molar-refractivity contribution in [2.45, 2.75) is 38.1 Å². The lowest BCUT2D eigenvalue weighted by Gasteiger charge is -2.25. The van der Waals surface area contributed by atoms with Crippen LogP contribution < -0.4 is 5.32 Å². The van der Waals surface area contributed by atoms with Crippen molar-refractivity contribution in [2.24, 2.45) is 0 Å². The Kier molecular flexibility index (Phi) is 3.31. The number of nitrogens with one attached hydrogen (secondary N) is 1. The van der Waals surface area contributed by atoms with Crippen molar-refractivity contribution in [3.05, 3.63) is 0 Å². The van der Waals surface area contributed by atoms with E-state index in [9.17, 15) is 4.79 Å². The van der Waals surface area contributed by atoms with E-state index in [1.54, 1.807) is 19.0 Å². The first-order valence-corrected chi connectivity index (χ1v) is 4.99. The quantitative estimate of drug-likeness (QED) is 0.709. The Balaban J connectivity index is 2.29. The summed E-state index contributed by atoms with van der Waals surface area (Å²) in [6.07, 6.45) is 4.99. The number of rotatable bonds is 3. The van der Waals surface area contributed by atoms with Crippen LogP contribution in [0, 0.1) is 0 Å². The lowest BCUT2D eigenvalue weighted by molar-refractivity contribution is -0.128. The molecule has 0 bridgehead atoms. The molecule has 0 aromatic carbocycles. The number of hydrogen-bond acceptors (Lipinski definition) is 2. The van der Waals surface area contributed by atoms with Gasteiger partial charge in [0.25, 0.3) is 0 Å². The zero-order chi connectivity index (χ0) is 9.90. The second kappa shape index (κ2) is 4.09. The van der Waals surface area contributed by atoms with Gasteiger partial charge in [-0.2, -0.15) is 0 Å². The topological polar surface area (TPSA) is 32.3 Å². The molecule has 1 fully saturated rings. The highest BCUT2D eigenvalue weighted by Crippen LogP contribution is 2.28. The molecule has 0 aromatic heterocycles. The Labute approximate surface area is 80.5 Å². The Morgan fingerprint density at radius 1 is 1.38 bits per heavy atom. The number of likely N-dealkylation sites (N-methyl/N-ethyl adjacent to an activating group) is 1. The molecule has 1 amide bonds. The van der Waals surface area contributed by atoms with Crippen molar-refractivity contribution in [1.82, 2.24) is 10.2 Å². The molecule has 1 rings (SSSR count). The minimum absolute atomic E-state index is 0.160. The number of carbonyl (C=O) groups excluding carboxylic acids is 1. The minimum atomic E-state index is 0.160. The standard InChI is InChI=1S/C10H20N2O/c1-10(6-4-5-7-10)11-8-9(13)12(2)3/h11H,4-8H2,1-3H3. The van der Waals surface area contributed by atoms with Gasteiger partial charge in [0.05, 0.1) is 6.54 Å². The summed E-state index contributed by atoms with van der Waals surface area (Å²) in [5.41, 5.74) is 0.214. The first kappa shape index (κ1) is 10.5. The molecule has 1 aliphatic rings. The van der Waals surface area contributed by atoms with Gasteiger partial charge in [-0.15, -0.1) is 0 Å². The van der Waals surface area contributed by atoms with E-state index in [1.807, 2.05) is 0 Å². The number of nitrogens with zero attached hydrogens (tertiary/aromatic N) is 1. The Morgan fingerprint density at radius 2 is 1.92 bits per heavy atom. The molecule has 1 aliphatic carbocycles. The van der Waals surface area contributed by atoms with Gasteiger partial charge in [0.2, 0.25) is 5.91 Å². The number of hydrogen-bond donors (Lipinski definition) is 1. The smallest absolute Gasteiger partial charge is 0.236 e. The molecule has 76 valence electrons. The van der Waals surface area contributed by atoms with E-state index in [4.69, 9.17) is 0 Å². The normalized spacial score (nSPS) is 20.2. The highest BCUT2D eigenvalue weighted by atomic mass is 16.2. The van der Waals surface area contributed by atoms with E-state index in [0.717, 1.165) is 0 Å². The highest BCUT2D eigenvalue weighted by molar-refractivity contribution is 5.77. The molecule has 0 spiro atoms. The SMILES string of the molecule is CN(C)C(=O)CNC1(C)CCCC1. The van der Waals surface area contributed by atoms with Gasteiger partial charge in [-0.3, -0.25) is 4.79 Å². The van der Waals surface area contributed by atoms with Crippen LogP contribution in [0.1, 0.15) is 32.6 Å². The summed E-state index contributed by atoms with van der Waals surface area (Å²) in [6.45, 7) is 2.69. The van der Waals surface area contributed by atoms with Crippen molar-refractivity contribution < 1.29 is 4.79 Å². The number of carbonyl (C=O) groups is 1. The van der Waals surface area contributed by atoms with Gasteiger partial charge in [0.15, 0.2) is 0 Å². The minimum Gasteiger partial charge on any atom is -0.348 e. The maximum absolute atomic E-state index is 11.3. The largest absolute Gasteiger partial charge is 0.348 e. The Hall–Kier alpha value is -0.570. The van der Waals surface area contributed by atoms with E-state index in [2.05, 4.69) is 12.2 Å². The summed E-state index contributed by atoms with van der Waals surface area (Å²) < 4.78 is 0. The first-order valence-electron chi connectivity index (χ1n) is 4.99. The molecule has 0 unspecified atom stereocenters. The van der Waals surface area contributed by atoms with E-state index in [0.29, 0.717) is 6.54 Å². The Morgan fingerprint density at radius 3 is 2.38 bits per heavy atom. The van der Waals surface area contributed by atoms with Gasteiger partial charge in [0, 0.05) is 19.6 Å². The highest BCUT2D eigenvalue weighted by Gasteiger charge is 2.28. The van der Waals surface area contributed by atoms with Crippen molar-refractivity contribution in [3.8, 4) is 0 Å². The third kappa shape index (κ3) is 2.99. The van der Waals surface area contributed by atoms with E-state index in [-0.39, 0.29) is 11.4 Å². The van der Waals surface area contributed by atoms with Gasteiger partial charge in [-0.1, -0.05) is 12.8 Å². The molecule has 13 heavy (non-hydrogen) atoms.